The number of methoxy groups -OCH3 is 1. The Kier molecular flexibility index (Phi) is 4.83. The van der Waals surface area contributed by atoms with Crippen LogP contribution in [-0.4, -0.2) is 16.9 Å². The molecule has 0 radical (unpaired) electrons. The van der Waals surface area contributed by atoms with Gasteiger partial charge in [0, 0.05) is 19.5 Å². The number of nitrogens with zero attached hydrogens (tertiary/aromatic N) is 2. The van der Waals surface area contributed by atoms with Crippen LogP contribution in [0, 0.1) is 0 Å². The fraction of sp³-hybridized carbons (Fsp3) is 0.400. The van der Waals surface area contributed by atoms with Crippen LogP contribution < -0.4 is 10.5 Å². The van der Waals surface area contributed by atoms with Crippen molar-refractivity contribution in [1.29, 1.82) is 0 Å². The number of ether oxygens (including phenoxy) is 1. The fourth-order valence-corrected chi connectivity index (χ4v) is 3.02. The lowest BCUT2D eigenvalue weighted by molar-refractivity contribution is 0.413. The van der Waals surface area contributed by atoms with Gasteiger partial charge in [0.05, 0.1) is 23.0 Å². The van der Waals surface area contributed by atoms with Crippen LogP contribution in [0.5, 0.6) is 5.75 Å². The Morgan fingerprint density at radius 3 is 2.80 bits per heavy atom. The molecule has 1 aromatic carbocycles. The second kappa shape index (κ2) is 6.41. The lowest BCUT2D eigenvalue weighted by atomic mass is 10.0. The van der Waals surface area contributed by atoms with Crippen molar-refractivity contribution in [2.24, 2.45) is 12.8 Å². The van der Waals surface area contributed by atoms with E-state index in [1.54, 1.807) is 7.11 Å². The summed E-state index contributed by atoms with van der Waals surface area (Å²) in [4.78, 5) is 0. The summed E-state index contributed by atoms with van der Waals surface area (Å²) in [5, 5.41) is 4.50. The minimum Gasteiger partial charge on any atom is -0.497 e. The molecule has 20 heavy (non-hydrogen) atoms. The molecule has 108 valence electrons. The number of aromatic nitrogens is 2. The zero-order valence-electron chi connectivity index (χ0n) is 12.1. The molecule has 1 heterocycles. The molecule has 0 aliphatic carbocycles. The third-order valence-corrected chi connectivity index (χ3v) is 4.35. The number of aryl methyl sites for hydroxylation is 2. The number of benzene rings is 1. The van der Waals surface area contributed by atoms with E-state index in [0.29, 0.717) is 0 Å². The van der Waals surface area contributed by atoms with E-state index in [9.17, 15) is 0 Å². The van der Waals surface area contributed by atoms with Gasteiger partial charge in [0.1, 0.15) is 5.75 Å². The van der Waals surface area contributed by atoms with Gasteiger partial charge in [-0.15, -0.1) is 0 Å². The van der Waals surface area contributed by atoms with E-state index in [2.05, 4.69) is 28.0 Å². The predicted octanol–water partition coefficient (Wildman–Crippen LogP) is 3.00. The SMILES string of the molecule is CCc1nn(C)c(CC(N)c2cccc(OC)c2)c1Br. The first kappa shape index (κ1) is 15.1. The summed E-state index contributed by atoms with van der Waals surface area (Å²) in [6, 6.07) is 7.81. The second-order valence-electron chi connectivity index (χ2n) is 4.77. The zero-order chi connectivity index (χ0) is 14.7. The summed E-state index contributed by atoms with van der Waals surface area (Å²) >= 11 is 3.63. The van der Waals surface area contributed by atoms with Gasteiger partial charge >= 0.3 is 0 Å². The molecule has 0 fully saturated rings. The van der Waals surface area contributed by atoms with Crippen molar-refractivity contribution in [1.82, 2.24) is 9.78 Å². The van der Waals surface area contributed by atoms with Gasteiger partial charge in [-0.25, -0.2) is 0 Å². The lowest BCUT2D eigenvalue weighted by Crippen LogP contribution is -2.15. The first-order valence-electron chi connectivity index (χ1n) is 6.66. The van der Waals surface area contributed by atoms with Gasteiger partial charge in [-0.3, -0.25) is 4.68 Å². The summed E-state index contributed by atoms with van der Waals surface area (Å²) in [5.41, 5.74) is 9.58. The van der Waals surface area contributed by atoms with Crippen molar-refractivity contribution in [2.45, 2.75) is 25.8 Å². The largest absolute Gasteiger partial charge is 0.497 e. The number of rotatable bonds is 5. The van der Waals surface area contributed by atoms with Crippen LogP contribution >= 0.6 is 15.9 Å². The second-order valence-corrected chi connectivity index (χ2v) is 5.56. The third-order valence-electron chi connectivity index (χ3n) is 3.44. The molecule has 0 spiro atoms. The highest BCUT2D eigenvalue weighted by molar-refractivity contribution is 9.10. The maximum atomic E-state index is 6.32. The molecule has 0 bridgehead atoms. The summed E-state index contributed by atoms with van der Waals surface area (Å²) < 4.78 is 8.22. The number of hydrogen-bond donors (Lipinski definition) is 1. The van der Waals surface area contributed by atoms with Crippen molar-refractivity contribution in [2.75, 3.05) is 7.11 Å². The first-order valence-corrected chi connectivity index (χ1v) is 7.45. The molecule has 0 saturated heterocycles. The fourth-order valence-electron chi connectivity index (χ4n) is 2.24. The van der Waals surface area contributed by atoms with Crippen molar-refractivity contribution >= 4 is 15.9 Å². The van der Waals surface area contributed by atoms with Crippen LogP contribution in [0.15, 0.2) is 28.7 Å². The topological polar surface area (TPSA) is 53.1 Å². The van der Waals surface area contributed by atoms with Crippen LogP contribution in [0.1, 0.15) is 29.9 Å². The van der Waals surface area contributed by atoms with Crippen LogP contribution in [0.4, 0.5) is 0 Å². The Morgan fingerprint density at radius 2 is 2.20 bits per heavy atom. The minimum absolute atomic E-state index is 0.0819. The van der Waals surface area contributed by atoms with E-state index in [-0.39, 0.29) is 6.04 Å². The van der Waals surface area contributed by atoms with Crippen molar-refractivity contribution in [3.8, 4) is 5.75 Å². The van der Waals surface area contributed by atoms with Crippen molar-refractivity contribution < 1.29 is 4.74 Å². The van der Waals surface area contributed by atoms with Gasteiger partial charge in [-0.2, -0.15) is 5.10 Å². The van der Waals surface area contributed by atoms with E-state index in [1.165, 1.54) is 0 Å². The standard InChI is InChI=1S/C15H20BrN3O/c1-4-13-15(16)14(19(2)18-13)9-12(17)10-6-5-7-11(8-10)20-3/h5-8,12H,4,9,17H2,1-3H3. The molecule has 0 aliphatic heterocycles. The summed E-state index contributed by atoms with van der Waals surface area (Å²) in [6.07, 6.45) is 1.64. The average molecular weight is 338 g/mol. The monoisotopic (exact) mass is 337 g/mol. The zero-order valence-corrected chi connectivity index (χ0v) is 13.6. The van der Waals surface area contributed by atoms with Crippen LogP contribution in [0.2, 0.25) is 0 Å². The number of halogens is 1. The van der Waals surface area contributed by atoms with Gasteiger partial charge in [0.25, 0.3) is 0 Å². The molecular formula is C15H20BrN3O. The van der Waals surface area contributed by atoms with Gasteiger partial charge in [-0.05, 0) is 40.0 Å². The Labute approximate surface area is 128 Å². The summed E-state index contributed by atoms with van der Waals surface area (Å²) in [6.45, 7) is 2.10. The third kappa shape index (κ3) is 3.04. The quantitative estimate of drug-likeness (QED) is 0.912. The highest BCUT2D eigenvalue weighted by Gasteiger charge is 2.16. The molecule has 2 aromatic rings. The maximum absolute atomic E-state index is 6.32. The molecule has 4 nitrogen and oxygen atoms in total. The van der Waals surface area contributed by atoms with Gasteiger partial charge in [-0.1, -0.05) is 19.1 Å². The van der Waals surface area contributed by atoms with Crippen molar-refractivity contribution in [3.63, 3.8) is 0 Å². The molecule has 0 saturated carbocycles. The van der Waals surface area contributed by atoms with E-state index < -0.39 is 0 Å². The molecule has 1 unspecified atom stereocenters. The molecule has 2 rings (SSSR count). The average Bonchev–Trinajstić information content (AvgIpc) is 2.74. The Bertz CT molecular complexity index is 595. The normalized spacial score (nSPS) is 12.4. The van der Waals surface area contributed by atoms with Crippen molar-refractivity contribution in [3.05, 3.63) is 45.7 Å². The van der Waals surface area contributed by atoms with Gasteiger partial charge in [0.15, 0.2) is 0 Å². The Morgan fingerprint density at radius 1 is 1.45 bits per heavy atom. The molecule has 1 aromatic heterocycles. The predicted molar refractivity (Wildman–Crippen MR) is 83.9 cm³/mol. The summed E-state index contributed by atoms with van der Waals surface area (Å²) in [7, 11) is 3.62. The molecule has 0 aliphatic rings. The summed E-state index contributed by atoms with van der Waals surface area (Å²) in [5.74, 6) is 0.830. The Balaban J connectivity index is 2.23. The molecule has 1 atom stereocenters. The van der Waals surface area contributed by atoms with Gasteiger partial charge < -0.3 is 10.5 Å². The molecule has 0 amide bonds. The minimum atomic E-state index is -0.0819. The highest BCUT2D eigenvalue weighted by atomic mass is 79.9. The lowest BCUT2D eigenvalue weighted by Gasteiger charge is -2.13. The van der Waals surface area contributed by atoms with E-state index in [4.69, 9.17) is 10.5 Å². The van der Waals surface area contributed by atoms with Crippen LogP contribution in [0.3, 0.4) is 0 Å². The van der Waals surface area contributed by atoms with E-state index in [1.807, 2.05) is 36.0 Å². The smallest absolute Gasteiger partial charge is 0.119 e. The maximum Gasteiger partial charge on any atom is 0.119 e. The highest BCUT2D eigenvalue weighted by Crippen LogP contribution is 2.26. The van der Waals surface area contributed by atoms with Crippen LogP contribution in [-0.2, 0) is 19.9 Å². The number of nitrogens with two attached hydrogens (primary N) is 1. The Hall–Kier alpha value is -1.33. The first-order chi connectivity index (χ1) is 9.56. The van der Waals surface area contributed by atoms with E-state index in [0.717, 1.165) is 40.0 Å². The van der Waals surface area contributed by atoms with E-state index >= 15 is 0 Å². The number of hydrogen-bond acceptors (Lipinski definition) is 3. The van der Waals surface area contributed by atoms with Crippen LogP contribution in [0.25, 0.3) is 0 Å². The molecular weight excluding hydrogens is 318 g/mol. The molecule has 5 heteroatoms. The van der Waals surface area contributed by atoms with Gasteiger partial charge in [0.2, 0.25) is 0 Å². The molecule has 2 N–H and O–H groups in total.